The Hall–Kier alpha value is -4.27. The maximum atomic E-state index is 12.2. The van der Waals surface area contributed by atoms with E-state index in [1.54, 1.807) is 18.2 Å². The van der Waals surface area contributed by atoms with Crippen LogP contribution in [0.5, 0.6) is 5.75 Å². The van der Waals surface area contributed by atoms with E-state index in [1.165, 1.54) is 19.4 Å². The number of amides is 2. The molecule has 0 atom stereocenters. The van der Waals surface area contributed by atoms with Gasteiger partial charge in [-0.15, -0.1) is 0 Å². The van der Waals surface area contributed by atoms with E-state index in [0.29, 0.717) is 22.6 Å². The highest BCUT2D eigenvalue weighted by Gasteiger charge is 2.16. The molecule has 2 aromatic carbocycles. The number of esters is 1. The molecule has 158 valence electrons. The highest BCUT2D eigenvalue weighted by molar-refractivity contribution is 6.08. The molecule has 0 fully saturated rings. The van der Waals surface area contributed by atoms with E-state index >= 15 is 0 Å². The highest BCUT2D eigenvalue weighted by atomic mass is 16.5. The molecule has 9 nitrogen and oxygen atoms in total. The van der Waals surface area contributed by atoms with E-state index in [4.69, 9.17) is 18.3 Å². The van der Waals surface area contributed by atoms with Crippen LogP contribution in [0.25, 0.3) is 21.9 Å². The van der Waals surface area contributed by atoms with Crippen LogP contribution in [0.4, 0.5) is 5.69 Å². The normalized spacial score (nSPS) is 10.7. The van der Waals surface area contributed by atoms with Gasteiger partial charge in [0.2, 0.25) is 0 Å². The monoisotopic (exact) mass is 422 g/mol. The third-order valence-electron chi connectivity index (χ3n) is 4.48. The van der Waals surface area contributed by atoms with Gasteiger partial charge in [-0.05, 0) is 24.3 Å². The molecule has 0 aliphatic rings. The lowest BCUT2D eigenvalue weighted by molar-refractivity contribution is -0.146. The smallest absolute Gasteiger partial charge is 0.325 e. The van der Waals surface area contributed by atoms with Crippen molar-refractivity contribution in [3.05, 3.63) is 60.6 Å². The van der Waals surface area contributed by atoms with E-state index in [-0.39, 0.29) is 5.76 Å². The van der Waals surface area contributed by atoms with Crippen molar-refractivity contribution in [3.8, 4) is 5.75 Å². The molecule has 0 saturated carbocycles. The fourth-order valence-corrected chi connectivity index (χ4v) is 3.05. The Morgan fingerprint density at radius 3 is 2.61 bits per heavy atom. The summed E-state index contributed by atoms with van der Waals surface area (Å²) in [6.45, 7) is -0.933. The van der Waals surface area contributed by atoms with Gasteiger partial charge in [0.1, 0.15) is 23.5 Å². The minimum atomic E-state index is -0.769. The van der Waals surface area contributed by atoms with Crippen LogP contribution < -0.4 is 15.4 Å². The molecular weight excluding hydrogens is 404 g/mol. The van der Waals surface area contributed by atoms with Gasteiger partial charge < -0.3 is 28.9 Å². The number of hydrogen-bond donors (Lipinski definition) is 2. The standard InChI is InChI=1S/C22H18N2O7/c1-28-19-9-14-13-5-2-3-6-16(13)31-18(14)10-15(19)24-20(25)12-30-21(26)11-23-22(27)17-7-4-8-29-17/h2-10H,11-12H2,1H3,(H,23,27)(H,24,25). The quantitative estimate of drug-likeness (QED) is 0.439. The molecule has 4 aromatic rings. The lowest BCUT2D eigenvalue weighted by atomic mass is 10.1. The van der Waals surface area contributed by atoms with Crippen LogP contribution in [0, 0.1) is 0 Å². The number of para-hydroxylation sites is 1. The van der Waals surface area contributed by atoms with Gasteiger partial charge in [-0.25, -0.2) is 0 Å². The molecule has 9 heteroatoms. The molecule has 2 aromatic heterocycles. The summed E-state index contributed by atoms with van der Waals surface area (Å²) in [6, 6.07) is 14.0. The van der Waals surface area contributed by atoms with Gasteiger partial charge in [0, 0.05) is 16.8 Å². The van der Waals surface area contributed by atoms with Gasteiger partial charge in [-0.3, -0.25) is 14.4 Å². The summed E-state index contributed by atoms with van der Waals surface area (Å²) >= 11 is 0. The van der Waals surface area contributed by atoms with Crippen LogP contribution >= 0.6 is 0 Å². The first-order chi connectivity index (χ1) is 15.0. The second kappa shape index (κ2) is 8.62. The minimum absolute atomic E-state index is 0.0682. The van der Waals surface area contributed by atoms with E-state index < -0.39 is 30.9 Å². The lowest BCUT2D eigenvalue weighted by Crippen LogP contribution is -2.32. The predicted octanol–water partition coefficient (Wildman–Crippen LogP) is 3.10. The van der Waals surface area contributed by atoms with Crippen LogP contribution in [-0.2, 0) is 14.3 Å². The van der Waals surface area contributed by atoms with Crippen molar-refractivity contribution in [2.24, 2.45) is 0 Å². The summed E-state index contributed by atoms with van der Waals surface area (Å²) in [6.07, 6.45) is 1.34. The summed E-state index contributed by atoms with van der Waals surface area (Å²) in [5.41, 5.74) is 1.67. The largest absolute Gasteiger partial charge is 0.495 e. The summed E-state index contributed by atoms with van der Waals surface area (Å²) < 4.78 is 21.0. The zero-order chi connectivity index (χ0) is 21.8. The predicted molar refractivity (Wildman–Crippen MR) is 111 cm³/mol. The minimum Gasteiger partial charge on any atom is -0.495 e. The van der Waals surface area contributed by atoms with Crippen molar-refractivity contribution < 1.29 is 32.7 Å². The van der Waals surface area contributed by atoms with Gasteiger partial charge in [-0.2, -0.15) is 0 Å². The first kappa shape index (κ1) is 20.0. The fraction of sp³-hybridized carbons (Fsp3) is 0.136. The third-order valence-corrected chi connectivity index (χ3v) is 4.48. The Balaban J connectivity index is 1.37. The molecule has 2 amide bonds. The van der Waals surface area contributed by atoms with Crippen molar-refractivity contribution in [3.63, 3.8) is 0 Å². The highest BCUT2D eigenvalue weighted by Crippen LogP contribution is 2.36. The maximum absolute atomic E-state index is 12.2. The van der Waals surface area contributed by atoms with Crippen molar-refractivity contribution in [1.82, 2.24) is 5.32 Å². The summed E-state index contributed by atoms with van der Waals surface area (Å²) in [7, 11) is 1.49. The van der Waals surface area contributed by atoms with E-state index in [9.17, 15) is 14.4 Å². The maximum Gasteiger partial charge on any atom is 0.325 e. The molecule has 0 aliphatic carbocycles. The molecule has 0 unspecified atom stereocenters. The SMILES string of the molecule is COc1cc2c(cc1NC(=O)COC(=O)CNC(=O)c1ccco1)oc1ccccc12. The molecule has 0 bridgehead atoms. The number of carbonyl (C=O) groups excluding carboxylic acids is 3. The Morgan fingerprint density at radius 2 is 1.84 bits per heavy atom. The van der Waals surface area contributed by atoms with E-state index in [1.807, 2.05) is 24.3 Å². The molecule has 2 N–H and O–H groups in total. The second-order valence-electron chi connectivity index (χ2n) is 6.52. The van der Waals surface area contributed by atoms with Crippen LogP contribution in [0.2, 0.25) is 0 Å². The Labute approximate surface area is 175 Å². The topological polar surface area (TPSA) is 120 Å². The average molecular weight is 422 g/mol. The van der Waals surface area contributed by atoms with Gasteiger partial charge in [0.25, 0.3) is 11.8 Å². The number of furan rings is 2. The van der Waals surface area contributed by atoms with Crippen LogP contribution in [0.3, 0.4) is 0 Å². The Kier molecular flexibility index (Phi) is 5.57. The van der Waals surface area contributed by atoms with E-state index in [2.05, 4.69) is 10.6 Å². The molecule has 0 radical (unpaired) electrons. The van der Waals surface area contributed by atoms with Crippen LogP contribution in [0.1, 0.15) is 10.6 Å². The average Bonchev–Trinajstić information content (AvgIpc) is 3.43. The Morgan fingerprint density at radius 1 is 1.00 bits per heavy atom. The molecule has 2 heterocycles. The van der Waals surface area contributed by atoms with Crippen molar-refractivity contribution in [1.29, 1.82) is 0 Å². The number of hydrogen-bond acceptors (Lipinski definition) is 7. The van der Waals surface area contributed by atoms with Gasteiger partial charge in [0.05, 0.1) is 19.1 Å². The zero-order valence-corrected chi connectivity index (χ0v) is 16.5. The lowest BCUT2D eigenvalue weighted by Gasteiger charge is -2.11. The third kappa shape index (κ3) is 4.35. The molecule has 4 rings (SSSR count). The Bertz CT molecular complexity index is 1260. The molecule has 31 heavy (non-hydrogen) atoms. The van der Waals surface area contributed by atoms with Crippen LogP contribution in [-0.4, -0.2) is 38.0 Å². The number of rotatable bonds is 7. The second-order valence-corrected chi connectivity index (χ2v) is 6.52. The zero-order valence-electron chi connectivity index (χ0n) is 16.5. The molecular formula is C22H18N2O7. The summed E-state index contributed by atoms with van der Waals surface area (Å²) in [5.74, 6) is -1.40. The molecule has 0 saturated heterocycles. The summed E-state index contributed by atoms with van der Waals surface area (Å²) in [4.78, 5) is 35.7. The van der Waals surface area contributed by atoms with Crippen molar-refractivity contribution in [2.75, 3.05) is 25.6 Å². The van der Waals surface area contributed by atoms with Crippen molar-refractivity contribution >= 4 is 45.4 Å². The van der Waals surface area contributed by atoms with Gasteiger partial charge in [-0.1, -0.05) is 18.2 Å². The number of ether oxygens (including phenoxy) is 2. The number of carbonyl (C=O) groups is 3. The first-order valence-electron chi connectivity index (χ1n) is 9.31. The fourth-order valence-electron chi connectivity index (χ4n) is 3.05. The van der Waals surface area contributed by atoms with E-state index in [0.717, 1.165) is 10.8 Å². The summed E-state index contributed by atoms with van der Waals surface area (Å²) in [5, 5.41) is 6.76. The molecule has 0 spiro atoms. The molecule has 0 aliphatic heterocycles. The van der Waals surface area contributed by atoms with Crippen LogP contribution in [0.15, 0.2) is 63.6 Å². The van der Waals surface area contributed by atoms with Gasteiger partial charge in [0.15, 0.2) is 12.4 Å². The number of nitrogens with one attached hydrogen (secondary N) is 2. The number of anilines is 1. The number of benzene rings is 2. The first-order valence-corrected chi connectivity index (χ1v) is 9.31. The van der Waals surface area contributed by atoms with Crippen molar-refractivity contribution in [2.45, 2.75) is 0 Å². The number of fused-ring (bicyclic) bond motifs is 3. The number of methoxy groups -OCH3 is 1. The van der Waals surface area contributed by atoms with Gasteiger partial charge >= 0.3 is 5.97 Å².